The Balaban J connectivity index is 1.23. The van der Waals surface area contributed by atoms with Crippen molar-refractivity contribution in [3.8, 4) is 10.9 Å². The van der Waals surface area contributed by atoms with E-state index >= 15 is 0 Å². The molecule has 2 aliphatic rings. The van der Waals surface area contributed by atoms with E-state index in [-0.39, 0.29) is 6.04 Å². The molecule has 0 spiro atoms. The van der Waals surface area contributed by atoms with E-state index in [1.165, 1.54) is 29.7 Å². The standard InChI is InChI=1S/C22H23ClN4O2S/c23-18-2-1-3-19-20(18)26-22(30-19)29-17-8-4-13(5-9-17)12-27-15-6-7-16(27)11-14(10-15)25-21(24)28/h1-5,8-9,14-16H,6-7,10-12H2,(H3,24,25,28)/t14?,15-,16+. The molecule has 2 aromatic carbocycles. The summed E-state index contributed by atoms with van der Waals surface area (Å²) in [7, 11) is 0. The van der Waals surface area contributed by atoms with Gasteiger partial charge in [0, 0.05) is 24.7 Å². The molecule has 1 unspecified atom stereocenters. The summed E-state index contributed by atoms with van der Waals surface area (Å²) < 4.78 is 6.96. The summed E-state index contributed by atoms with van der Waals surface area (Å²) in [4.78, 5) is 18.3. The van der Waals surface area contributed by atoms with Gasteiger partial charge in [0.15, 0.2) is 0 Å². The number of hydrogen-bond acceptors (Lipinski definition) is 5. The smallest absolute Gasteiger partial charge is 0.312 e. The van der Waals surface area contributed by atoms with Gasteiger partial charge in [-0.3, -0.25) is 4.90 Å². The predicted octanol–water partition coefficient (Wildman–Crippen LogP) is 4.91. The Kier molecular flexibility index (Phi) is 5.26. The lowest BCUT2D eigenvalue weighted by molar-refractivity contribution is 0.112. The largest absolute Gasteiger partial charge is 0.431 e. The molecule has 1 aromatic heterocycles. The van der Waals surface area contributed by atoms with Crippen molar-refractivity contribution in [1.82, 2.24) is 15.2 Å². The number of nitrogens with two attached hydrogens (primary N) is 1. The number of halogens is 1. The van der Waals surface area contributed by atoms with Gasteiger partial charge in [-0.25, -0.2) is 9.78 Å². The number of carbonyl (C=O) groups is 1. The third-order valence-electron chi connectivity index (χ3n) is 6.07. The first-order valence-corrected chi connectivity index (χ1v) is 11.4. The van der Waals surface area contributed by atoms with E-state index in [1.54, 1.807) is 0 Å². The second-order valence-electron chi connectivity index (χ2n) is 8.05. The van der Waals surface area contributed by atoms with Crippen LogP contribution in [0.2, 0.25) is 5.02 Å². The number of thiazole rings is 1. The number of primary amides is 1. The highest BCUT2D eigenvalue weighted by Crippen LogP contribution is 2.37. The number of ether oxygens (including phenoxy) is 1. The number of nitrogens with zero attached hydrogens (tertiary/aromatic N) is 2. The SMILES string of the molecule is NC(=O)NC1C[C@H]2CC[C@@H](C1)N2Cc1ccc(Oc2nc3c(Cl)cccc3s2)cc1. The molecule has 2 amide bonds. The van der Waals surface area contributed by atoms with Crippen LogP contribution in [0.4, 0.5) is 4.79 Å². The van der Waals surface area contributed by atoms with Crippen LogP contribution in [0.3, 0.4) is 0 Å². The summed E-state index contributed by atoms with van der Waals surface area (Å²) in [5.74, 6) is 0.765. The van der Waals surface area contributed by atoms with Gasteiger partial charge in [-0.2, -0.15) is 0 Å². The topological polar surface area (TPSA) is 80.5 Å². The Labute approximate surface area is 184 Å². The van der Waals surface area contributed by atoms with E-state index in [4.69, 9.17) is 22.1 Å². The highest BCUT2D eigenvalue weighted by atomic mass is 35.5. The van der Waals surface area contributed by atoms with Gasteiger partial charge in [0.05, 0.1) is 9.72 Å². The summed E-state index contributed by atoms with van der Waals surface area (Å²) in [6.45, 7) is 0.912. The van der Waals surface area contributed by atoms with Crippen molar-refractivity contribution in [3.63, 3.8) is 0 Å². The minimum atomic E-state index is -0.418. The zero-order chi connectivity index (χ0) is 20.7. The van der Waals surface area contributed by atoms with Crippen molar-refractivity contribution in [1.29, 1.82) is 0 Å². The van der Waals surface area contributed by atoms with E-state index in [9.17, 15) is 4.79 Å². The molecule has 2 saturated heterocycles. The summed E-state index contributed by atoms with van der Waals surface area (Å²) in [6, 6.07) is 14.8. The van der Waals surface area contributed by atoms with Crippen molar-refractivity contribution in [3.05, 3.63) is 53.1 Å². The van der Waals surface area contributed by atoms with Gasteiger partial charge in [0.1, 0.15) is 11.3 Å². The number of hydrogen-bond donors (Lipinski definition) is 2. The molecule has 2 aliphatic heterocycles. The molecule has 6 nitrogen and oxygen atoms in total. The van der Waals surface area contributed by atoms with Gasteiger partial charge in [0.2, 0.25) is 0 Å². The fourth-order valence-electron chi connectivity index (χ4n) is 4.76. The van der Waals surface area contributed by atoms with Crippen molar-refractivity contribution in [2.75, 3.05) is 0 Å². The number of benzene rings is 2. The Hall–Kier alpha value is -2.35. The normalized spacial score (nSPS) is 23.6. The number of urea groups is 1. The van der Waals surface area contributed by atoms with Crippen LogP contribution in [0.15, 0.2) is 42.5 Å². The minimum Gasteiger partial charge on any atom is -0.431 e. The Morgan fingerprint density at radius 2 is 1.93 bits per heavy atom. The number of piperidine rings is 1. The first kappa shape index (κ1) is 19.6. The van der Waals surface area contributed by atoms with Crippen molar-refractivity contribution in [2.24, 2.45) is 5.73 Å². The lowest BCUT2D eigenvalue weighted by atomic mass is 9.96. The lowest BCUT2D eigenvalue weighted by Crippen LogP contribution is -2.51. The van der Waals surface area contributed by atoms with Crippen LogP contribution in [-0.2, 0) is 6.54 Å². The molecule has 30 heavy (non-hydrogen) atoms. The molecule has 0 saturated carbocycles. The van der Waals surface area contributed by atoms with E-state index < -0.39 is 6.03 Å². The number of nitrogens with one attached hydrogen (secondary N) is 1. The average molecular weight is 443 g/mol. The van der Waals surface area contributed by atoms with Crippen LogP contribution in [0.1, 0.15) is 31.2 Å². The summed E-state index contributed by atoms with van der Waals surface area (Å²) in [5.41, 5.74) is 7.34. The molecule has 2 bridgehead atoms. The molecule has 8 heteroatoms. The monoisotopic (exact) mass is 442 g/mol. The van der Waals surface area contributed by atoms with Gasteiger partial charge >= 0.3 is 6.03 Å². The number of fused-ring (bicyclic) bond motifs is 3. The quantitative estimate of drug-likeness (QED) is 0.588. The average Bonchev–Trinajstić information content (AvgIpc) is 3.21. The maximum atomic E-state index is 11.2. The fourth-order valence-corrected chi connectivity index (χ4v) is 5.90. The summed E-state index contributed by atoms with van der Waals surface area (Å²) in [6.07, 6.45) is 4.31. The Bertz CT molecular complexity index is 1060. The summed E-state index contributed by atoms with van der Waals surface area (Å²) in [5, 5.41) is 4.12. The highest BCUT2D eigenvalue weighted by molar-refractivity contribution is 7.20. The van der Waals surface area contributed by atoms with Crippen LogP contribution in [-0.4, -0.2) is 34.0 Å². The third-order valence-corrected chi connectivity index (χ3v) is 7.28. The van der Waals surface area contributed by atoms with E-state index in [0.29, 0.717) is 22.3 Å². The molecule has 2 fully saturated rings. The lowest BCUT2D eigenvalue weighted by Gasteiger charge is -2.39. The molecule has 0 radical (unpaired) electrons. The first-order chi connectivity index (χ1) is 14.5. The number of para-hydroxylation sites is 1. The fraction of sp³-hybridized carbons (Fsp3) is 0.364. The highest BCUT2D eigenvalue weighted by Gasteiger charge is 2.40. The Morgan fingerprint density at radius 1 is 1.20 bits per heavy atom. The first-order valence-electron chi connectivity index (χ1n) is 10.2. The molecule has 3 N–H and O–H groups in total. The second-order valence-corrected chi connectivity index (χ2v) is 9.45. The number of amides is 2. The van der Waals surface area contributed by atoms with Gasteiger partial charge in [-0.15, -0.1) is 0 Å². The predicted molar refractivity (Wildman–Crippen MR) is 119 cm³/mol. The van der Waals surface area contributed by atoms with Crippen LogP contribution in [0.25, 0.3) is 10.2 Å². The number of carbonyl (C=O) groups excluding carboxylic acids is 1. The van der Waals surface area contributed by atoms with Crippen molar-refractivity contribution >= 4 is 39.2 Å². The van der Waals surface area contributed by atoms with Crippen LogP contribution >= 0.6 is 22.9 Å². The van der Waals surface area contributed by atoms with Crippen LogP contribution in [0.5, 0.6) is 10.9 Å². The van der Waals surface area contributed by atoms with Crippen molar-refractivity contribution < 1.29 is 9.53 Å². The van der Waals surface area contributed by atoms with E-state index in [1.807, 2.05) is 30.3 Å². The second kappa shape index (κ2) is 8.06. The molecular formula is C22H23ClN4O2S. The number of aromatic nitrogens is 1. The maximum Gasteiger partial charge on any atom is 0.312 e. The minimum absolute atomic E-state index is 0.203. The molecule has 156 valence electrons. The van der Waals surface area contributed by atoms with Gasteiger partial charge < -0.3 is 15.8 Å². The molecule has 0 aliphatic carbocycles. The maximum absolute atomic E-state index is 11.2. The Morgan fingerprint density at radius 3 is 2.60 bits per heavy atom. The van der Waals surface area contributed by atoms with Crippen LogP contribution < -0.4 is 15.8 Å². The van der Waals surface area contributed by atoms with Crippen LogP contribution in [0, 0.1) is 0 Å². The molecule has 3 heterocycles. The summed E-state index contributed by atoms with van der Waals surface area (Å²) >= 11 is 7.69. The number of rotatable bonds is 5. The van der Waals surface area contributed by atoms with Gasteiger partial charge in [-0.05, 0) is 55.5 Å². The zero-order valence-corrected chi connectivity index (χ0v) is 18.0. The van der Waals surface area contributed by atoms with E-state index in [2.05, 4.69) is 27.3 Å². The molecule has 5 rings (SSSR count). The molecular weight excluding hydrogens is 420 g/mol. The van der Waals surface area contributed by atoms with E-state index in [0.717, 1.165) is 35.4 Å². The molecule has 3 aromatic rings. The third kappa shape index (κ3) is 3.97. The zero-order valence-electron chi connectivity index (χ0n) is 16.4. The van der Waals surface area contributed by atoms with Gasteiger partial charge in [-0.1, -0.05) is 41.1 Å². The van der Waals surface area contributed by atoms with Crippen molar-refractivity contribution in [2.45, 2.75) is 50.4 Å². The van der Waals surface area contributed by atoms with Gasteiger partial charge in [0.25, 0.3) is 5.19 Å². The molecule has 3 atom stereocenters.